The van der Waals surface area contributed by atoms with Crippen molar-refractivity contribution < 1.29 is 29.0 Å². The highest BCUT2D eigenvalue weighted by Crippen LogP contribution is 2.57. The Morgan fingerprint density at radius 3 is 2.05 bits per heavy atom. The van der Waals surface area contributed by atoms with Crippen LogP contribution in [-0.4, -0.2) is 35.2 Å². The lowest BCUT2D eigenvalue weighted by Crippen LogP contribution is -2.52. The maximum Gasteiger partial charge on any atom is 0.417 e. The van der Waals surface area contributed by atoms with Gasteiger partial charge in [-0.05, 0) is 62.7 Å². The Kier molecular flexibility index (Phi) is 4.10. The molecule has 0 saturated heterocycles. The van der Waals surface area contributed by atoms with E-state index in [0.717, 1.165) is 37.0 Å². The Morgan fingerprint density at radius 2 is 1.55 bits per heavy atom. The summed E-state index contributed by atoms with van der Waals surface area (Å²) < 4.78 is 10.3. The first-order valence-electron chi connectivity index (χ1n) is 8.08. The summed E-state index contributed by atoms with van der Waals surface area (Å²) in [5.41, 5.74) is -0.246. The van der Waals surface area contributed by atoms with Crippen LogP contribution < -0.4 is 0 Å². The van der Waals surface area contributed by atoms with Crippen molar-refractivity contribution in [1.82, 2.24) is 0 Å². The number of carbonyl (C=O) groups excluding carboxylic acids is 2. The third-order valence-electron chi connectivity index (χ3n) is 5.25. The Labute approximate surface area is 129 Å². The average molecular weight is 310 g/mol. The minimum absolute atomic E-state index is 0.0683. The molecular weight excluding hydrogens is 288 g/mol. The Hall–Kier alpha value is -1.59. The van der Waals surface area contributed by atoms with Gasteiger partial charge >= 0.3 is 17.9 Å². The molecule has 4 fully saturated rings. The number of carboxylic acid groups (broad SMARTS) is 1. The van der Waals surface area contributed by atoms with Crippen molar-refractivity contribution in [2.75, 3.05) is 6.61 Å². The van der Waals surface area contributed by atoms with Crippen molar-refractivity contribution in [2.24, 2.45) is 17.8 Å². The predicted octanol–water partition coefficient (Wildman–Crippen LogP) is 1.91. The van der Waals surface area contributed by atoms with Crippen LogP contribution in [0, 0.1) is 17.8 Å². The van der Waals surface area contributed by atoms with Crippen molar-refractivity contribution in [1.29, 1.82) is 0 Å². The monoisotopic (exact) mass is 310 g/mol. The van der Waals surface area contributed by atoms with Gasteiger partial charge in [-0.15, -0.1) is 0 Å². The zero-order valence-corrected chi connectivity index (χ0v) is 12.6. The predicted molar refractivity (Wildman–Crippen MR) is 74.8 cm³/mol. The molecule has 0 atom stereocenters. The summed E-state index contributed by atoms with van der Waals surface area (Å²) in [5.74, 6) is -0.999. The molecule has 0 spiro atoms. The number of hydrogen-bond acceptors (Lipinski definition) is 5. The van der Waals surface area contributed by atoms with Gasteiger partial charge in [0, 0.05) is 6.42 Å². The molecule has 4 aliphatic rings. The van der Waals surface area contributed by atoms with Gasteiger partial charge in [0.25, 0.3) is 0 Å². The summed E-state index contributed by atoms with van der Waals surface area (Å²) >= 11 is 0. The molecule has 0 aromatic rings. The smallest absolute Gasteiger partial charge is 0.417 e. The Bertz CT molecular complexity index is 448. The van der Waals surface area contributed by atoms with Crippen LogP contribution in [0.5, 0.6) is 0 Å². The van der Waals surface area contributed by atoms with Crippen molar-refractivity contribution in [3.8, 4) is 0 Å². The van der Waals surface area contributed by atoms with Crippen LogP contribution in [0.4, 0.5) is 0 Å². The van der Waals surface area contributed by atoms with Gasteiger partial charge in [0.2, 0.25) is 0 Å². The molecule has 122 valence electrons. The number of rotatable bonds is 5. The maximum absolute atomic E-state index is 12.0. The second-order valence-electron chi connectivity index (χ2n) is 7.12. The van der Waals surface area contributed by atoms with Crippen LogP contribution in [0.2, 0.25) is 0 Å². The van der Waals surface area contributed by atoms with E-state index >= 15 is 0 Å². The minimum atomic E-state index is -1.61. The van der Waals surface area contributed by atoms with E-state index in [2.05, 4.69) is 4.74 Å². The Morgan fingerprint density at radius 1 is 1.00 bits per heavy atom. The molecule has 0 amide bonds. The highest BCUT2D eigenvalue weighted by Gasteiger charge is 2.53. The highest BCUT2D eigenvalue weighted by atomic mass is 16.6. The van der Waals surface area contributed by atoms with Crippen LogP contribution in [-0.2, 0) is 23.9 Å². The van der Waals surface area contributed by atoms with Crippen molar-refractivity contribution in [3.05, 3.63) is 0 Å². The van der Waals surface area contributed by atoms with Crippen LogP contribution in [0.3, 0.4) is 0 Å². The highest BCUT2D eigenvalue weighted by molar-refractivity contribution is 6.28. The molecule has 6 heteroatoms. The minimum Gasteiger partial charge on any atom is -0.473 e. The summed E-state index contributed by atoms with van der Waals surface area (Å²) in [5, 5.41) is 8.37. The van der Waals surface area contributed by atoms with Gasteiger partial charge in [-0.3, -0.25) is 4.79 Å². The van der Waals surface area contributed by atoms with Gasteiger partial charge in [0.05, 0.1) is 6.61 Å². The summed E-state index contributed by atoms with van der Waals surface area (Å²) in [4.78, 5) is 33.1. The molecule has 1 N–H and O–H groups in total. The summed E-state index contributed by atoms with van der Waals surface area (Å²) in [6.45, 7) is -0.0683. The van der Waals surface area contributed by atoms with Crippen LogP contribution >= 0.6 is 0 Å². The molecule has 4 bridgehead atoms. The fourth-order valence-corrected chi connectivity index (χ4v) is 4.89. The van der Waals surface area contributed by atoms with E-state index in [4.69, 9.17) is 9.84 Å². The SMILES string of the molecule is O=C(CCCOC(=O)C(=O)O)OC12CC3CC(CC(C3)C1)C2. The molecule has 0 aromatic heterocycles. The standard InChI is InChI=1S/C16H22O6/c17-13(2-1-3-21-15(20)14(18)19)22-16-7-10-4-11(8-16)6-12(5-10)9-16/h10-12H,1-9H2,(H,18,19). The lowest BCUT2D eigenvalue weighted by molar-refractivity contribution is -0.187. The fraction of sp³-hybridized carbons (Fsp3) is 0.812. The first kappa shape index (κ1) is 15.3. The molecule has 4 rings (SSSR count). The van der Waals surface area contributed by atoms with E-state index in [1.807, 2.05) is 0 Å². The van der Waals surface area contributed by atoms with Gasteiger partial charge in [0.15, 0.2) is 0 Å². The first-order valence-corrected chi connectivity index (χ1v) is 8.08. The van der Waals surface area contributed by atoms with Crippen LogP contribution in [0.1, 0.15) is 51.4 Å². The number of esters is 2. The summed E-state index contributed by atoms with van der Waals surface area (Å²) in [6.07, 6.45) is 7.33. The molecule has 0 heterocycles. The third kappa shape index (κ3) is 3.25. The second kappa shape index (κ2) is 5.89. The van der Waals surface area contributed by atoms with E-state index in [9.17, 15) is 14.4 Å². The number of ether oxygens (including phenoxy) is 2. The number of carboxylic acids is 1. The molecule has 0 aliphatic heterocycles. The van der Waals surface area contributed by atoms with Gasteiger partial charge < -0.3 is 14.6 Å². The molecular formula is C16H22O6. The number of aliphatic carboxylic acids is 1. The number of carbonyl (C=O) groups is 3. The van der Waals surface area contributed by atoms with Gasteiger partial charge in [-0.2, -0.15) is 0 Å². The zero-order chi connectivity index (χ0) is 15.7. The molecule has 6 nitrogen and oxygen atoms in total. The Balaban J connectivity index is 1.42. The maximum atomic E-state index is 12.0. The van der Waals surface area contributed by atoms with E-state index < -0.39 is 11.9 Å². The summed E-state index contributed by atoms with van der Waals surface area (Å²) in [7, 11) is 0. The van der Waals surface area contributed by atoms with Gasteiger partial charge in [-0.25, -0.2) is 9.59 Å². The van der Waals surface area contributed by atoms with Crippen molar-refractivity contribution in [2.45, 2.75) is 57.0 Å². The largest absolute Gasteiger partial charge is 0.473 e. The van der Waals surface area contributed by atoms with Crippen molar-refractivity contribution in [3.63, 3.8) is 0 Å². The lowest BCUT2D eigenvalue weighted by atomic mass is 9.54. The van der Waals surface area contributed by atoms with Crippen LogP contribution in [0.25, 0.3) is 0 Å². The number of hydrogen-bond donors (Lipinski definition) is 1. The molecule has 0 radical (unpaired) electrons. The van der Waals surface area contributed by atoms with Gasteiger partial charge in [-0.1, -0.05) is 0 Å². The molecule has 22 heavy (non-hydrogen) atoms. The topological polar surface area (TPSA) is 89.9 Å². The third-order valence-corrected chi connectivity index (χ3v) is 5.25. The normalized spacial score (nSPS) is 35.2. The average Bonchev–Trinajstić information content (AvgIpc) is 2.41. The van der Waals surface area contributed by atoms with Crippen LogP contribution in [0.15, 0.2) is 0 Å². The fourth-order valence-electron chi connectivity index (χ4n) is 4.89. The molecule has 4 aliphatic carbocycles. The molecule has 4 saturated carbocycles. The summed E-state index contributed by atoms with van der Waals surface area (Å²) in [6, 6.07) is 0. The molecule has 0 unspecified atom stereocenters. The first-order chi connectivity index (χ1) is 10.5. The van der Waals surface area contributed by atoms with E-state index in [-0.39, 0.29) is 24.6 Å². The van der Waals surface area contributed by atoms with E-state index in [1.54, 1.807) is 0 Å². The van der Waals surface area contributed by atoms with E-state index in [0.29, 0.717) is 6.42 Å². The van der Waals surface area contributed by atoms with Crippen molar-refractivity contribution >= 4 is 17.9 Å². The lowest BCUT2D eigenvalue weighted by Gasteiger charge is -2.55. The zero-order valence-electron chi connectivity index (χ0n) is 12.6. The van der Waals surface area contributed by atoms with Gasteiger partial charge in [0.1, 0.15) is 5.60 Å². The molecule has 0 aromatic carbocycles. The van der Waals surface area contributed by atoms with E-state index in [1.165, 1.54) is 19.3 Å². The second-order valence-corrected chi connectivity index (χ2v) is 7.12. The quantitative estimate of drug-likeness (QED) is 0.474.